The Hall–Kier alpha value is -1.49. The molecule has 0 aromatic heterocycles. The van der Waals surface area contributed by atoms with Gasteiger partial charge in [0.25, 0.3) is 5.69 Å². The van der Waals surface area contributed by atoms with Crippen LogP contribution in [0.4, 0.5) is 11.4 Å². The number of anilines is 1. The lowest BCUT2D eigenvalue weighted by atomic mass is 10.3. The van der Waals surface area contributed by atoms with E-state index >= 15 is 0 Å². The predicted octanol–water partition coefficient (Wildman–Crippen LogP) is 2.58. The molecule has 0 unspecified atom stereocenters. The van der Waals surface area contributed by atoms with Gasteiger partial charge in [-0.3, -0.25) is 14.4 Å². The number of hydrogen-bond donors (Lipinski definition) is 0. The second kappa shape index (κ2) is 3.71. The fourth-order valence-corrected chi connectivity index (χ4v) is 1.96. The van der Waals surface area contributed by atoms with Crippen LogP contribution in [0.25, 0.3) is 0 Å². The van der Waals surface area contributed by atoms with Gasteiger partial charge in [0.2, 0.25) is 0 Å². The maximum absolute atomic E-state index is 10.4. The molecule has 5 heteroatoms. The highest BCUT2D eigenvalue weighted by Crippen LogP contribution is 2.28. The predicted molar refractivity (Wildman–Crippen MR) is 57.2 cm³/mol. The summed E-state index contributed by atoms with van der Waals surface area (Å²) in [5.74, 6) is 0.955. The van der Waals surface area contributed by atoms with Crippen molar-refractivity contribution >= 4 is 23.3 Å². The van der Waals surface area contributed by atoms with Gasteiger partial charge in [-0.05, 0) is 24.1 Å². The molecule has 72 valence electrons. The van der Waals surface area contributed by atoms with Gasteiger partial charge in [0.1, 0.15) is 0 Å². The van der Waals surface area contributed by atoms with Crippen LogP contribution in [0.15, 0.2) is 36.5 Å². The number of nitro groups is 1. The summed E-state index contributed by atoms with van der Waals surface area (Å²) in [5.41, 5.74) is 1.09. The quantitative estimate of drug-likeness (QED) is 0.425. The molecule has 0 bridgehead atoms. The van der Waals surface area contributed by atoms with Crippen LogP contribution in [0.5, 0.6) is 0 Å². The molecule has 0 amide bonds. The van der Waals surface area contributed by atoms with E-state index in [0.717, 1.165) is 11.4 Å². The van der Waals surface area contributed by atoms with Gasteiger partial charge < -0.3 is 0 Å². The summed E-state index contributed by atoms with van der Waals surface area (Å²) in [6, 6.07) is 6.53. The third-order valence-electron chi connectivity index (χ3n) is 1.87. The normalized spacial score (nSPS) is 14.7. The molecule has 0 N–H and O–H groups in total. The van der Waals surface area contributed by atoms with Crippen molar-refractivity contribution in [2.45, 2.75) is 0 Å². The lowest BCUT2D eigenvalue weighted by molar-refractivity contribution is -0.384. The monoisotopic (exact) mass is 208 g/mol. The van der Waals surface area contributed by atoms with E-state index in [4.69, 9.17) is 0 Å². The van der Waals surface area contributed by atoms with Crippen molar-refractivity contribution in [1.82, 2.24) is 0 Å². The summed E-state index contributed by atoms with van der Waals surface area (Å²) in [7, 11) is 0. The number of hydrogen-bond acceptors (Lipinski definition) is 4. The van der Waals surface area contributed by atoms with E-state index in [9.17, 15) is 10.1 Å². The zero-order valence-corrected chi connectivity index (χ0v) is 8.11. The van der Waals surface area contributed by atoms with Crippen LogP contribution < -0.4 is 4.31 Å². The molecule has 1 aliphatic heterocycles. The van der Waals surface area contributed by atoms with E-state index in [1.807, 2.05) is 16.6 Å². The van der Waals surface area contributed by atoms with E-state index < -0.39 is 4.92 Å². The largest absolute Gasteiger partial charge is 0.292 e. The third kappa shape index (κ3) is 1.72. The highest BCUT2D eigenvalue weighted by molar-refractivity contribution is 8.01. The first kappa shape index (κ1) is 9.08. The van der Waals surface area contributed by atoms with Crippen molar-refractivity contribution in [1.29, 1.82) is 0 Å². The summed E-state index contributed by atoms with van der Waals surface area (Å²) in [6.45, 7) is 0. The lowest BCUT2D eigenvalue weighted by Crippen LogP contribution is -2.00. The molecule has 0 radical (unpaired) electrons. The second-order valence-corrected chi connectivity index (χ2v) is 3.76. The molecule has 0 saturated carbocycles. The smallest absolute Gasteiger partial charge is 0.269 e. The fraction of sp³-hybridized carbons (Fsp3) is 0.111. The van der Waals surface area contributed by atoms with E-state index in [1.165, 1.54) is 12.1 Å². The molecular formula is C9H8N2O2S. The molecule has 2 rings (SSSR count). The van der Waals surface area contributed by atoms with Crippen LogP contribution in [0.3, 0.4) is 0 Å². The van der Waals surface area contributed by atoms with Gasteiger partial charge in [-0.15, -0.1) is 0 Å². The minimum Gasteiger partial charge on any atom is -0.292 e. The van der Waals surface area contributed by atoms with Crippen LogP contribution in [-0.4, -0.2) is 10.7 Å². The minimum absolute atomic E-state index is 0.127. The Morgan fingerprint density at radius 3 is 2.57 bits per heavy atom. The molecular weight excluding hydrogens is 200 g/mol. The Balaban J connectivity index is 2.21. The Bertz CT molecular complexity index is 375. The van der Waals surface area contributed by atoms with Gasteiger partial charge in [0.05, 0.1) is 10.6 Å². The summed E-state index contributed by atoms with van der Waals surface area (Å²) in [4.78, 5) is 10.0. The van der Waals surface area contributed by atoms with Crippen molar-refractivity contribution in [2.75, 3.05) is 10.1 Å². The second-order valence-electron chi connectivity index (χ2n) is 2.78. The molecule has 0 fully saturated rings. The van der Waals surface area contributed by atoms with Crippen LogP contribution in [0.1, 0.15) is 0 Å². The first-order valence-corrected chi connectivity index (χ1v) is 5.05. The van der Waals surface area contributed by atoms with Gasteiger partial charge in [0, 0.05) is 24.1 Å². The Labute approximate surface area is 85.5 Å². The van der Waals surface area contributed by atoms with E-state index in [1.54, 1.807) is 24.1 Å². The zero-order chi connectivity index (χ0) is 9.97. The summed E-state index contributed by atoms with van der Waals surface area (Å²) >= 11 is 1.66. The molecule has 1 heterocycles. The van der Waals surface area contributed by atoms with Crippen LogP contribution in [0, 0.1) is 10.1 Å². The molecule has 14 heavy (non-hydrogen) atoms. The van der Waals surface area contributed by atoms with Gasteiger partial charge in [-0.2, -0.15) is 0 Å². The van der Waals surface area contributed by atoms with Crippen LogP contribution in [-0.2, 0) is 0 Å². The summed E-state index contributed by atoms with van der Waals surface area (Å²) in [6.07, 6.45) is 4.01. The molecule has 0 aliphatic carbocycles. The Morgan fingerprint density at radius 2 is 2.07 bits per heavy atom. The van der Waals surface area contributed by atoms with Crippen molar-refractivity contribution in [2.24, 2.45) is 0 Å². The molecule has 4 nitrogen and oxygen atoms in total. The number of nitrogens with zero attached hydrogens (tertiary/aromatic N) is 2. The number of benzene rings is 1. The number of nitro benzene ring substituents is 1. The maximum Gasteiger partial charge on any atom is 0.269 e. The maximum atomic E-state index is 10.4. The van der Waals surface area contributed by atoms with Crippen molar-refractivity contribution in [3.63, 3.8) is 0 Å². The van der Waals surface area contributed by atoms with Crippen molar-refractivity contribution in [3.05, 3.63) is 46.7 Å². The zero-order valence-electron chi connectivity index (χ0n) is 7.29. The first-order valence-electron chi connectivity index (χ1n) is 4.10. The Kier molecular flexibility index (Phi) is 2.41. The van der Waals surface area contributed by atoms with E-state index in [0.29, 0.717) is 0 Å². The Morgan fingerprint density at radius 1 is 1.36 bits per heavy atom. The average Bonchev–Trinajstić information content (AvgIpc) is 2.71. The topological polar surface area (TPSA) is 46.4 Å². The third-order valence-corrected chi connectivity index (χ3v) is 2.82. The molecule has 0 saturated heterocycles. The van der Waals surface area contributed by atoms with Gasteiger partial charge >= 0.3 is 0 Å². The molecule has 1 aromatic rings. The minimum atomic E-state index is -0.392. The highest BCUT2D eigenvalue weighted by Gasteiger charge is 2.10. The van der Waals surface area contributed by atoms with Crippen molar-refractivity contribution < 1.29 is 4.92 Å². The first-order chi connectivity index (χ1) is 6.77. The number of non-ortho nitro benzene ring substituents is 1. The fourth-order valence-electron chi connectivity index (χ4n) is 1.19. The molecule has 1 aliphatic rings. The summed E-state index contributed by atoms with van der Waals surface area (Å²) < 4.78 is 1.99. The standard InChI is InChI=1S/C9H8N2O2S/c12-11(13)9-4-2-8(3-5-9)10-6-1-7-14-10/h1-6H,7H2. The molecule has 0 spiro atoms. The SMILES string of the molecule is O=[N+]([O-])c1ccc(N2C=CCS2)cc1. The van der Waals surface area contributed by atoms with Gasteiger partial charge in [0.15, 0.2) is 0 Å². The van der Waals surface area contributed by atoms with Crippen LogP contribution >= 0.6 is 11.9 Å². The molecule has 1 aromatic carbocycles. The lowest BCUT2D eigenvalue weighted by Gasteiger charge is -2.12. The average molecular weight is 208 g/mol. The van der Waals surface area contributed by atoms with E-state index in [-0.39, 0.29) is 5.69 Å². The van der Waals surface area contributed by atoms with Gasteiger partial charge in [-0.25, -0.2) is 0 Å². The molecule has 0 atom stereocenters. The van der Waals surface area contributed by atoms with Crippen molar-refractivity contribution in [3.8, 4) is 0 Å². The number of rotatable bonds is 2. The van der Waals surface area contributed by atoms with Gasteiger partial charge in [-0.1, -0.05) is 6.08 Å². The summed E-state index contributed by atoms with van der Waals surface area (Å²) in [5, 5.41) is 10.4. The van der Waals surface area contributed by atoms with Crippen LogP contribution in [0.2, 0.25) is 0 Å². The van der Waals surface area contributed by atoms with E-state index in [2.05, 4.69) is 0 Å². The highest BCUT2D eigenvalue weighted by atomic mass is 32.2.